The number of fused-ring (bicyclic) bond motifs is 2. The lowest BCUT2D eigenvalue weighted by atomic mass is 9.79. The van der Waals surface area contributed by atoms with Gasteiger partial charge in [-0.1, -0.05) is 13.8 Å². The monoisotopic (exact) mass is 473 g/mol. The van der Waals surface area contributed by atoms with Crippen molar-refractivity contribution in [2.75, 3.05) is 0 Å². The number of hydrogen-bond donors (Lipinski definition) is 2. The summed E-state index contributed by atoms with van der Waals surface area (Å²) < 4.78 is 16.3. The minimum atomic E-state index is -0.819. The topological polar surface area (TPSA) is 108 Å². The number of pyridine rings is 1. The van der Waals surface area contributed by atoms with Crippen molar-refractivity contribution in [3.8, 4) is 11.8 Å². The van der Waals surface area contributed by atoms with E-state index in [-0.39, 0.29) is 18.2 Å². The van der Waals surface area contributed by atoms with Crippen LogP contribution >= 0.6 is 0 Å². The molecule has 8 heteroatoms. The van der Waals surface area contributed by atoms with Crippen LogP contribution in [0.5, 0.6) is 0 Å². The third-order valence-corrected chi connectivity index (χ3v) is 7.61. The predicted molar refractivity (Wildman–Crippen MR) is 131 cm³/mol. The summed E-state index contributed by atoms with van der Waals surface area (Å²) in [5, 5.41) is 27.5. The highest BCUT2D eigenvalue weighted by molar-refractivity contribution is 5.94. The average Bonchev–Trinajstić information content (AvgIpc) is 3.50. The quantitative estimate of drug-likeness (QED) is 0.375. The summed E-state index contributed by atoms with van der Waals surface area (Å²) in [6, 6.07) is 9.35. The zero-order valence-electron chi connectivity index (χ0n) is 20.3. The number of carboxylic acid groups (broad SMARTS) is 1. The molecule has 3 aromatic heterocycles. The number of aromatic amines is 1. The van der Waals surface area contributed by atoms with E-state index in [2.05, 4.69) is 20.8 Å². The summed E-state index contributed by atoms with van der Waals surface area (Å²) in [7, 11) is 0. The third kappa shape index (κ3) is 3.57. The van der Waals surface area contributed by atoms with E-state index < -0.39 is 16.8 Å². The second kappa shape index (κ2) is 7.91. The molecule has 3 heterocycles. The van der Waals surface area contributed by atoms with Gasteiger partial charge >= 0.3 is 5.97 Å². The molecule has 0 aliphatic heterocycles. The van der Waals surface area contributed by atoms with Gasteiger partial charge in [-0.2, -0.15) is 10.4 Å². The minimum absolute atomic E-state index is 0.0396. The lowest BCUT2D eigenvalue weighted by molar-refractivity contribution is -0.147. The van der Waals surface area contributed by atoms with E-state index in [9.17, 15) is 19.6 Å². The number of H-pyrrole nitrogens is 1. The molecule has 0 bridgehead atoms. The minimum Gasteiger partial charge on any atom is -0.481 e. The highest BCUT2D eigenvalue weighted by atomic mass is 19.1. The summed E-state index contributed by atoms with van der Waals surface area (Å²) >= 11 is 0. The van der Waals surface area contributed by atoms with Gasteiger partial charge in [-0.3, -0.25) is 9.89 Å². The fourth-order valence-electron chi connectivity index (χ4n) is 5.64. The molecule has 1 aliphatic carbocycles. The summed E-state index contributed by atoms with van der Waals surface area (Å²) in [5.41, 5.74) is 4.07. The fourth-order valence-corrected chi connectivity index (χ4v) is 5.64. The highest BCUT2D eigenvalue weighted by Gasteiger charge is 2.45. The van der Waals surface area contributed by atoms with Crippen molar-refractivity contribution in [2.24, 2.45) is 5.41 Å². The summed E-state index contributed by atoms with van der Waals surface area (Å²) in [5.74, 6) is -1.12. The molecule has 0 amide bonds. The number of nitrogens with one attached hydrogen (secondary N) is 1. The van der Waals surface area contributed by atoms with Gasteiger partial charge in [0.2, 0.25) is 0 Å². The Morgan fingerprint density at radius 1 is 1.40 bits per heavy atom. The lowest BCUT2D eigenvalue weighted by Gasteiger charge is -2.28. The van der Waals surface area contributed by atoms with Gasteiger partial charge in [0.15, 0.2) is 5.65 Å². The number of nitriles is 1. The number of aryl methyl sites for hydroxylation is 1. The van der Waals surface area contributed by atoms with Crippen molar-refractivity contribution in [3.05, 3.63) is 53.1 Å². The molecule has 0 saturated heterocycles. The number of nitrogens with zero attached hydrogens (tertiary/aromatic N) is 4. The molecule has 1 fully saturated rings. The first kappa shape index (κ1) is 23.0. The molecule has 1 saturated carbocycles. The average molecular weight is 474 g/mol. The maximum absolute atomic E-state index is 14.2. The van der Waals surface area contributed by atoms with Gasteiger partial charge in [-0.05, 0) is 68.9 Å². The molecule has 0 unspecified atom stereocenters. The summed E-state index contributed by atoms with van der Waals surface area (Å²) in [6.45, 7) is 7.59. The number of aliphatic carboxylic acids is 1. The molecule has 180 valence electrons. The van der Waals surface area contributed by atoms with E-state index in [1.807, 2.05) is 19.9 Å². The zero-order chi connectivity index (χ0) is 25.1. The standard InChI is InChI=1S/C27H28FN5O2/c1-15-11-18(5-6-19(15)28)33-20-12-17-14-30-32-24(17)31-22(20)21(23(33)26(2,3)9-10-29)16-7-8-27(4,13-16)25(34)35/h5-6,11-12,14,16H,7-9,13H2,1-4H3,(H,34,35)(H,30,31,32)/t16-,27-/m1/s1. The molecule has 4 aromatic rings. The van der Waals surface area contributed by atoms with Crippen LogP contribution in [-0.4, -0.2) is 30.8 Å². The Balaban J connectivity index is 1.89. The van der Waals surface area contributed by atoms with E-state index in [1.165, 1.54) is 6.07 Å². The van der Waals surface area contributed by atoms with Crippen molar-refractivity contribution in [1.82, 2.24) is 19.7 Å². The Bertz CT molecular complexity index is 1530. The second-order valence-electron chi connectivity index (χ2n) is 10.7. The Kier molecular flexibility index (Phi) is 5.20. The molecule has 1 aliphatic rings. The van der Waals surface area contributed by atoms with Crippen molar-refractivity contribution >= 4 is 28.0 Å². The number of carboxylic acids is 1. The Morgan fingerprint density at radius 2 is 2.17 bits per heavy atom. The van der Waals surface area contributed by atoms with Crippen LogP contribution in [0.3, 0.4) is 0 Å². The van der Waals surface area contributed by atoms with E-state index in [1.54, 1.807) is 32.2 Å². The smallest absolute Gasteiger partial charge is 0.309 e. The molecule has 1 aromatic carbocycles. The van der Waals surface area contributed by atoms with Crippen molar-refractivity contribution < 1.29 is 14.3 Å². The molecule has 2 atom stereocenters. The summed E-state index contributed by atoms with van der Waals surface area (Å²) in [4.78, 5) is 17.0. The van der Waals surface area contributed by atoms with E-state index >= 15 is 0 Å². The van der Waals surface area contributed by atoms with E-state index in [0.29, 0.717) is 30.5 Å². The first-order valence-electron chi connectivity index (χ1n) is 11.8. The van der Waals surface area contributed by atoms with Crippen LogP contribution in [0.1, 0.15) is 69.2 Å². The number of rotatable bonds is 5. The van der Waals surface area contributed by atoms with Crippen LogP contribution in [0.25, 0.3) is 27.8 Å². The zero-order valence-corrected chi connectivity index (χ0v) is 20.3. The number of benzene rings is 1. The van der Waals surface area contributed by atoms with Crippen molar-refractivity contribution in [1.29, 1.82) is 5.26 Å². The number of carbonyl (C=O) groups is 1. The first-order valence-corrected chi connectivity index (χ1v) is 11.8. The van der Waals surface area contributed by atoms with Crippen LogP contribution in [0, 0.1) is 29.5 Å². The van der Waals surface area contributed by atoms with E-state index in [4.69, 9.17) is 4.98 Å². The van der Waals surface area contributed by atoms with E-state index in [0.717, 1.165) is 33.4 Å². The molecule has 5 rings (SSSR count). The lowest BCUT2D eigenvalue weighted by Crippen LogP contribution is -2.25. The molecule has 2 N–H and O–H groups in total. The number of aromatic nitrogens is 4. The van der Waals surface area contributed by atoms with Crippen LogP contribution in [-0.2, 0) is 10.2 Å². The highest BCUT2D eigenvalue weighted by Crippen LogP contribution is 2.52. The normalized spacial score (nSPS) is 20.5. The molecule has 0 spiro atoms. The van der Waals surface area contributed by atoms with Crippen molar-refractivity contribution in [2.45, 2.75) is 64.7 Å². The van der Waals surface area contributed by atoms with Gasteiger partial charge in [-0.25, -0.2) is 9.37 Å². The van der Waals surface area contributed by atoms with Gasteiger partial charge in [0, 0.05) is 34.2 Å². The molecule has 35 heavy (non-hydrogen) atoms. The van der Waals surface area contributed by atoms with Crippen LogP contribution in [0.2, 0.25) is 0 Å². The Labute approximate surface area is 202 Å². The predicted octanol–water partition coefficient (Wildman–Crippen LogP) is 5.90. The summed E-state index contributed by atoms with van der Waals surface area (Å²) in [6.07, 6.45) is 3.75. The van der Waals surface area contributed by atoms with Crippen LogP contribution < -0.4 is 0 Å². The van der Waals surface area contributed by atoms with Gasteiger partial charge < -0.3 is 9.67 Å². The molecular weight excluding hydrogens is 445 g/mol. The third-order valence-electron chi connectivity index (χ3n) is 7.61. The Morgan fingerprint density at radius 3 is 2.83 bits per heavy atom. The number of halogens is 1. The number of hydrogen-bond acceptors (Lipinski definition) is 4. The SMILES string of the molecule is Cc1cc(-n2c(C(C)(C)CC#N)c([C@@H]3CC[C@@](C)(C(=O)O)C3)c3nc4[nH]ncc4cc32)ccc1F. The van der Waals surface area contributed by atoms with Gasteiger partial charge in [0.25, 0.3) is 0 Å². The van der Waals surface area contributed by atoms with Gasteiger partial charge in [0.1, 0.15) is 5.82 Å². The molecule has 7 nitrogen and oxygen atoms in total. The second-order valence-corrected chi connectivity index (χ2v) is 10.7. The fraction of sp³-hybridized carbons (Fsp3) is 0.407. The largest absolute Gasteiger partial charge is 0.481 e. The van der Waals surface area contributed by atoms with Crippen LogP contribution in [0.4, 0.5) is 4.39 Å². The Hall–Kier alpha value is -3.73. The molecule has 0 radical (unpaired) electrons. The van der Waals surface area contributed by atoms with Crippen molar-refractivity contribution in [3.63, 3.8) is 0 Å². The van der Waals surface area contributed by atoms with Crippen LogP contribution in [0.15, 0.2) is 30.5 Å². The molecular formula is C27H28FN5O2. The van der Waals surface area contributed by atoms with Gasteiger partial charge in [-0.15, -0.1) is 0 Å². The maximum atomic E-state index is 14.2. The first-order chi connectivity index (χ1) is 16.6. The van der Waals surface area contributed by atoms with Gasteiger partial charge in [0.05, 0.1) is 28.7 Å². The maximum Gasteiger partial charge on any atom is 0.309 e.